The van der Waals surface area contributed by atoms with Crippen LogP contribution in [0.2, 0.25) is 0 Å². The molecule has 34 heavy (non-hydrogen) atoms. The number of nitrogens with zero attached hydrogens (tertiary/aromatic N) is 4. The van der Waals surface area contributed by atoms with Crippen LogP contribution in [0.3, 0.4) is 0 Å². The van der Waals surface area contributed by atoms with Crippen molar-refractivity contribution in [2.45, 2.75) is 38.7 Å². The summed E-state index contributed by atoms with van der Waals surface area (Å²) in [5, 5.41) is 24.7. The Morgan fingerprint density at radius 1 is 1.35 bits per heavy atom. The number of nitrogens with two attached hydrogens (primary N) is 1. The fourth-order valence-corrected chi connectivity index (χ4v) is 3.63. The summed E-state index contributed by atoms with van der Waals surface area (Å²) in [7, 11) is 0. The van der Waals surface area contributed by atoms with Gasteiger partial charge < -0.3 is 25.4 Å². The van der Waals surface area contributed by atoms with E-state index in [0.29, 0.717) is 33.7 Å². The second kappa shape index (κ2) is 10.0. The zero-order valence-electron chi connectivity index (χ0n) is 18.8. The van der Waals surface area contributed by atoms with Crippen LogP contribution in [-0.4, -0.2) is 61.4 Å². The maximum absolute atomic E-state index is 12.2. The molecule has 10 heteroatoms. The summed E-state index contributed by atoms with van der Waals surface area (Å²) in [6.45, 7) is 3.22. The highest BCUT2D eigenvalue weighted by atomic mass is 16.5. The number of benzene rings is 1. The average molecular weight is 463 g/mol. The van der Waals surface area contributed by atoms with Crippen molar-refractivity contribution in [2.24, 2.45) is 5.73 Å². The molecule has 0 saturated carbocycles. The Labute approximate surface area is 196 Å². The van der Waals surface area contributed by atoms with Gasteiger partial charge >= 0.3 is 5.97 Å². The van der Waals surface area contributed by atoms with Crippen LogP contribution >= 0.6 is 0 Å². The first kappa shape index (κ1) is 23.4. The molecule has 0 spiro atoms. The number of aryl methyl sites for hydroxylation is 1. The van der Waals surface area contributed by atoms with E-state index in [0.717, 1.165) is 5.56 Å². The molecule has 0 radical (unpaired) electrons. The molecule has 2 aromatic heterocycles. The Balaban J connectivity index is 1.63. The van der Waals surface area contributed by atoms with E-state index in [4.69, 9.17) is 15.2 Å². The number of hydrogen-bond acceptors (Lipinski definition) is 9. The fraction of sp³-hybridized carbons (Fsp3) is 0.333. The molecule has 0 bridgehead atoms. The zero-order chi connectivity index (χ0) is 24.2. The van der Waals surface area contributed by atoms with Crippen molar-refractivity contribution in [2.75, 3.05) is 13.2 Å². The number of aliphatic hydroxyl groups excluding tert-OH is 2. The van der Waals surface area contributed by atoms with E-state index in [-0.39, 0.29) is 19.6 Å². The van der Waals surface area contributed by atoms with Gasteiger partial charge in [0.25, 0.3) is 0 Å². The van der Waals surface area contributed by atoms with Crippen LogP contribution in [0.15, 0.2) is 36.3 Å². The number of hydrogen-bond donors (Lipinski definition) is 3. The van der Waals surface area contributed by atoms with Crippen molar-refractivity contribution in [3.05, 3.63) is 58.8 Å². The van der Waals surface area contributed by atoms with E-state index < -0.39 is 24.4 Å². The number of esters is 1. The normalized spacial score (nSPS) is 20.2. The number of fused-ring (bicyclic) bond motifs is 1. The first-order valence-corrected chi connectivity index (χ1v) is 10.7. The number of aromatic nitrogens is 4. The predicted molar refractivity (Wildman–Crippen MR) is 123 cm³/mol. The molecule has 4 N–H and O–H groups in total. The van der Waals surface area contributed by atoms with E-state index in [1.165, 1.54) is 11.0 Å². The molecule has 3 aromatic rings. The Morgan fingerprint density at radius 2 is 2.12 bits per heavy atom. The van der Waals surface area contributed by atoms with Gasteiger partial charge in [0, 0.05) is 12.1 Å². The van der Waals surface area contributed by atoms with Gasteiger partial charge in [0.05, 0.1) is 29.4 Å². The first-order valence-electron chi connectivity index (χ1n) is 10.7. The smallest absolute Gasteiger partial charge is 0.339 e. The maximum Gasteiger partial charge on any atom is 0.339 e. The van der Waals surface area contributed by atoms with Crippen LogP contribution < -0.4 is 5.73 Å². The SMILES string of the molecule is CC(N)=Cc1ncnc2c1c(C#CCOC(=O)c1ccc(C)cc1)nn2[C@H]1CC(O)[C@@H](CO)O1. The molecule has 10 nitrogen and oxygen atoms in total. The van der Waals surface area contributed by atoms with E-state index in [1.54, 1.807) is 25.1 Å². The number of carbonyl (C=O) groups excluding carboxylic acids is 1. The molecule has 1 saturated heterocycles. The van der Waals surface area contributed by atoms with Gasteiger partial charge in [0.15, 0.2) is 18.5 Å². The Kier molecular flexibility index (Phi) is 6.88. The van der Waals surface area contributed by atoms with Gasteiger partial charge in [-0.25, -0.2) is 19.4 Å². The second-order valence-electron chi connectivity index (χ2n) is 8.00. The number of ether oxygens (including phenoxy) is 2. The minimum absolute atomic E-state index is 0.138. The largest absolute Gasteiger partial charge is 0.449 e. The highest BCUT2D eigenvalue weighted by Gasteiger charge is 2.36. The lowest BCUT2D eigenvalue weighted by Gasteiger charge is -2.12. The zero-order valence-corrected chi connectivity index (χ0v) is 18.8. The Hall–Kier alpha value is -3.78. The molecule has 4 rings (SSSR count). The molecule has 1 aromatic carbocycles. The van der Waals surface area contributed by atoms with Crippen LogP contribution in [0.4, 0.5) is 0 Å². The number of carbonyl (C=O) groups is 1. The van der Waals surface area contributed by atoms with E-state index in [9.17, 15) is 15.0 Å². The molecule has 1 fully saturated rings. The van der Waals surface area contributed by atoms with Gasteiger partial charge in [-0.15, -0.1) is 0 Å². The van der Waals surface area contributed by atoms with Crippen LogP contribution in [0.1, 0.15) is 46.9 Å². The summed E-state index contributed by atoms with van der Waals surface area (Å²) in [5.41, 5.74) is 9.20. The fourth-order valence-electron chi connectivity index (χ4n) is 3.63. The number of rotatable bonds is 5. The first-order chi connectivity index (χ1) is 16.4. The highest BCUT2D eigenvalue weighted by Crippen LogP contribution is 2.32. The highest BCUT2D eigenvalue weighted by molar-refractivity contribution is 5.90. The molecule has 3 heterocycles. The lowest BCUT2D eigenvalue weighted by atomic mass is 10.1. The van der Waals surface area contributed by atoms with Gasteiger partial charge in [0.1, 0.15) is 18.1 Å². The van der Waals surface area contributed by atoms with Crippen molar-refractivity contribution >= 4 is 23.1 Å². The molecule has 1 aliphatic rings. The van der Waals surface area contributed by atoms with Crippen molar-refractivity contribution in [3.63, 3.8) is 0 Å². The number of allylic oxidation sites excluding steroid dienone is 1. The molecule has 0 aliphatic carbocycles. The minimum atomic E-state index is -0.836. The summed E-state index contributed by atoms with van der Waals surface area (Å²) in [6.07, 6.45) is 1.10. The van der Waals surface area contributed by atoms with Gasteiger partial charge in [-0.1, -0.05) is 23.6 Å². The minimum Gasteiger partial charge on any atom is -0.449 e. The van der Waals surface area contributed by atoms with Crippen molar-refractivity contribution in [1.29, 1.82) is 0 Å². The summed E-state index contributed by atoms with van der Waals surface area (Å²) in [4.78, 5) is 20.8. The monoisotopic (exact) mass is 463 g/mol. The van der Waals surface area contributed by atoms with Gasteiger partial charge in [-0.3, -0.25) is 0 Å². The third-order valence-corrected chi connectivity index (χ3v) is 5.31. The number of aliphatic hydroxyl groups is 2. The lowest BCUT2D eigenvalue weighted by molar-refractivity contribution is -0.0470. The molecule has 0 amide bonds. The summed E-state index contributed by atoms with van der Waals surface area (Å²) in [6, 6.07) is 7.06. The second-order valence-corrected chi connectivity index (χ2v) is 8.00. The molecule has 176 valence electrons. The summed E-state index contributed by atoms with van der Waals surface area (Å²) < 4.78 is 12.5. The van der Waals surface area contributed by atoms with Crippen LogP contribution in [0.5, 0.6) is 0 Å². The predicted octanol–water partition coefficient (Wildman–Crippen LogP) is 1.30. The van der Waals surface area contributed by atoms with E-state index in [2.05, 4.69) is 26.9 Å². The van der Waals surface area contributed by atoms with Crippen LogP contribution in [0, 0.1) is 18.8 Å². The van der Waals surface area contributed by atoms with Crippen molar-refractivity contribution < 1.29 is 24.5 Å². The van der Waals surface area contributed by atoms with Crippen LogP contribution in [-0.2, 0) is 9.47 Å². The topological polar surface area (TPSA) is 146 Å². The van der Waals surface area contributed by atoms with Gasteiger partial charge in [-0.05, 0) is 38.0 Å². The van der Waals surface area contributed by atoms with Crippen LogP contribution in [0.25, 0.3) is 17.1 Å². The molecule has 1 unspecified atom stereocenters. The molecule has 1 aliphatic heterocycles. The van der Waals surface area contributed by atoms with Gasteiger partial charge in [0.2, 0.25) is 0 Å². The average Bonchev–Trinajstić information content (AvgIpc) is 3.37. The Bertz CT molecular complexity index is 1280. The third kappa shape index (κ3) is 4.92. The molecule has 3 atom stereocenters. The molecular weight excluding hydrogens is 438 g/mol. The lowest BCUT2D eigenvalue weighted by Crippen LogP contribution is -2.24. The van der Waals surface area contributed by atoms with Crippen molar-refractivity contribution in [3.8, 4) is 11.8 Å². The van der Waals surface area contributed by atoms with E-state index >= 15 is 0 Å². The standard InChI is InChI=1S/C24H25N5O5/c1-14-5-7-16(8-6-14)24(32)33-9-3-4-17-22-18(10-15(2)25)26-13-27-23(22)29(28-17)21-11-19(31)20(12-30)34-21/h5-8,10,13,19-21,30-31H,9,11-12,25H2,1-2H3/t19?,20-,21-/m1/s1. The Morgan fingerprint density at radius 3 is 2.79 bits per heavy atom. The van der Waals surface area contributed by atoms with E-state index in [1.807, 2.05) is 19.1 Å². The van der Waals surface area contributed by atoms with Crippen molar-refractivity contribution in [1.82, 2.24) is 19.7 Å². The summed E-state index contributed by atoms with van der Waals surface area (Å²) in [5.74, 6) is 5.26. The maximum atomic E-state index is 12.2. The quantitative estimate of drug-likeness (QED) is 0.376. The summed E-state index contributed by atoms with van der Waals surface area (Å²) >= 11 is 0. The van der Waals surface area contributed by atoms with Gasteiger partial charge in [-0.2, -0.15) is 5.10 Å². The third-order valence-electron chi connectivity index (χ3n) is 5.31. The molecular formula is C24H25N5O5.